The highest BCUT2D eigenvalue weighted by Gasteiger charge is 2.25. The van der Waals surface area contributed by atoms with Crippen molar-refractivity contribution in [3.63, 3.8) is 0 Å². The zero-order chi connectivity index (χ0) is 10.8. The Labute approximate surface area is 98.2 Å². The van der Waals surface area contributed by atoms with E-state index in [-0.39, 0.29) is 12.0 Å². The van der Waals surface area contributed by atoms with Gasteiger partial charge in [-0.1, -0.05) is 35.0 Å². The van der Waals surface area contributed by atoms with E-state index in [9.17, 15) is 4.79 Å². The van der Waals surface area contributed by atoms with Gasteiger partial charge in [0.25, 0.3) is 0 Å². The summed E-state index contributed by atoms with van der Waals surface area (Å²) in [5.74, 6) is 0.520. The fourth-order valence-electron chi connectivity index (χ4n) is 1.87. The summed E-state index contributed by atoms with van der Waals surface area (Å²) in [4.78, 5) is 11.6. The molecular formula is C12H14BrNO. The van der Waals surface area contributed by atoms with Gasteiger partial charge in [0.05, 0.1) is 0 Å². The maximum atomic E-state index is 11.6. The van der Waals surface area contributed by atoms with E-state index in [2.05, 4.69) is 33.4 Å². The minimum absolute atomic E-state index is 0.161. The van der Waals surface area contributed by atoms with E-state index in [0.717, 1.165) is 11.0 Å². The normalized spacial score (nSPS) is 26.7. The monoisotopic (exact) mass is 267 g/mol. The van der Waals surface area contributed by atoms with E-state index in [0.29, 0.717) is 12.2 Å². The number of piperidine rings is 1. The van der Waals surface area contributed by atoms with Crippen LogP contribution in [0, 0.1) is 5.92 Å². The first kappa shape index (κ1) is 10.8. The molecule has 1 heterocycles. The third-order valence-electron chi connectivity index (χ3n) is 2.88. The molecule has 2 atom stereocenters. The minimum atomic E-state index is 0.161. The minimum Gasteiger partial charge on any atom is -0.309 e. The van der Waals surface area contributed by atoms with E-state index in [1.54, 1.807) is 0 Å². The molecule has 2 nitrogen and oxygen atoms in total. The van der Waals surface area contributed by atoms with Gasteiger partial charge in [0, 0.05) is 29.4 Å². The fourth-order valence-corrected chi connectivity index (χ4v) is 2.28. The molecule has 1 aromatic rings. The molecule has 0 aliphatic carbocycles. The number of hydrogen-bond acceptors (Lipinski definition) is 2. The van der Waals surface area contributed by atoms with E-state index >= 15 is 0 Å². The second-order valence-electron chi connectivity index (χ2n) is 4.09. The van der Waals surface area contributed by atoms with Gasteiger partial charge in [-0.05, 0) is 17.7 Å². The molecule has 0 radical (unpaired) electrons. The molecule has 0 bridgehead atoms. The lowest BCUT2D eigenvalue weighted by Crippen LogP contribution is -2.37. The third-order valence-corrected chi connectivity index (χ3v) is 3.37. The van der Waals surface area contributed by atoms with Crippen LogP contribution < -0.4 is 5.32 Å². The first-order chi connectivity index (χ1) is 7.16. The van der Waals surface area contributed by atoms with E-state index in [4.69, 9.17) is 0 Å². The van der Waals surface area contributed by atoms with Crippen LogP contribution in [0.4, 0.5) is 0 Å². The molecule has 0 spiro atoms. The van der Waals surface area contributed by atoms with Crippen LogP contribution in [0.2, 0.25) is 0 Å². The average molecular weight is 268 g/mol. The van der Waals surface area contributed by atoms with Crippen LogP contribution in [0.3, 0.4) is 0 Å². The topological polar surface area (TPSA) is 29.1 Å². The Morgan fingerprint density at radius 1 is 1.47 bits per heavy atom. The lowest BCUT2D eigenvalue weighted by molar-refractivity contribution is -0.124. The molecular weight excluding hydrogens is 254 g/mol. The summed E-state index contributed by atoms with van der Waals surface area (Å²) in [7, 11) is 0. The first-order valence-corrected chi connectivity index (χ1v) is 5.97. The molecule has 2 rings (SSSR count). The second kappa shape index (κ2) is 4.45. The zero-order valence-electron chi connectivity index (χ0n) is 8.66. The van der Waals surface area contributed by atoms with Gasteiger partial charge in [-0.2, -0.15) is 0 Å². The van der Waals surface area contributed by atoms with Crippen LogP contribution in [-0.2, 0) is 4.79 Å². The number of Topliss-reactive ketones (excluding diaryl/α,β-unsaturated/α-hetero) is 1. The summed E-state index contributed by atoms with van der Waals surface area (Å²) in [6.07, 6.45) is 0.609. The Morgan fingerprint density at radius 3 is 2.93 bits per heavy atom. The van der Waals surface area contributed by atoms with E-state index in [1.807, 2.05) is 19.1 Å². The maximum absolute atomic E-state index is 11.6. The largest absolute Gasteiger partial charge is 0.309 e. The second-order valence-corrected chi connectivity index (χ2v) is 5.00. The summed E-state index contributed by atoms with van der Waals surface area (Å²) < 4.78 is 1.06. The summed E-state index contributed by atoms with van der Waals surface area (Å²) in [5.41, 5.74) is 1.18. The van der Waals surface area contributed by atoms with Crippen molar-refractivity contribution < 1.29 is 4.79 Å². The number of halogens is 1. The quantitative estimate of drug-likeness (QED) is 0.848. The van der Waals surface area contributed by atoms with Crippen molar-refractivity contribution in [2.75, 3.05) is 6.54 Å². The molecule has 1 aliphatic rings. The van der Waals surface area contributed by atoms with Crippen LogP contribution in [0.25, 0.3) is 0 Å². The van der Waals surface area contributed by atoms with Crippen molar-refractivity contribution in [2.24, 2.45) is 5.92 Å². The maximum Gasteiger partial charge on any atom is 0.138 e. The summed E-state index contributed by atoms with van der Waals surface area (Å²) in [6, 6.07) is 8.32. The van der Waals surface area contributed by atoms with Crippen LogP contribution in [0.5, 0.6) is 0 Å². The van der Waals surface area contributed by atoms with Crippen molar-refractivity contribution in [2.45, 2.75) is 19.4 Å². The SMILES string of the molecule is CC1CN[C@@H](c2cccc(Br)c2)CC1=O. The van der Waals surface area contributed by atoms with E-state index in [1.165, 1.54) is 5.56 Å². The summed E-state index contributed by atoms with van der Waals surface area (Å²) in [5, 5.41) is 3.40. The van der Waals surface area contributed by atoms with Crippen molar-refractivity contribution in [3.8, 4) is 0 Å². The highest BCUT2D eigenvalue weighted by atomic mass is 79.9. The molecule has 80 valence electrons. The number of hydrogen-bond donors (Lipinski definition) is 1. The molecule has 0 amide bonds. The number of ketones is 1. The van der Waals surface area contributed by atoms with Crippen LogP contribution >= 0.6 is 15.9 Å². The Kier molecular flexibility index (Phi) is 3.22. The highest BCUT2D eigenvalue weighted by Crippen LogP contribution is 2.25. The molecule has 1 aromatic carbocycles. The van der Waals surface area contributed by atoms with E-state index < -0.39 is 0 Å². The summed E-state index contributed by atoms with van der Waals surface area (Å²) in [6.45, 7) is 2.77. The molecule has 1 N–H and O–H groups in total. The number of nitrogens with one attached hydrogen (secondary N) is 1. The van der Waals surface area contributed by atoms with Crippen molar-refractivity contribution in [1.82, 2.24) is 5.32 Å². The van der Waals surface area contributed by atoms with Crippen molar-refractivity contribution in [3.05, 3.63) is 34.3 Å². The van der Waals surface area contributed by atoms with Crippen LogP contribution in [-0.4, -0.2) is 12.3 Å². The number of rotatable bonds is 1. The van der Waals surface area contributed by atoms with Gasteiger partial charge in [-0.15, -0.1) is 0 Å². The molecule has 0 saturated carbocycles. The molecule has 3 heteroatoms. The van der Waals surface area contributed by atoms with Gasteiger partial charge in [-0.25, -0.2) is 0 Å². The number of benzene rings is 1. The molecule has 0 aromatic heterocycles. The van der Waals surface area contributed by atoms with Gasteiger partial charge in [0.1, 0.15) is 5.78 Å². The summed E-state index contributed by atoms with van der Waals surface area (Å²) >= 11 is 3.44. The standard InChI is InChI=1S/C12H14BrNO/c1-8-7-14-11(6-12(8)15)9-3-2-4-10(13)5-9/h2-5,8,11,14H,6-7H2,1H3/t8?,11-/m1/s1. The Balaban J connectivity index is 2.15. The first-order valence-electron chi connectivity index (χ1n) is 5.18. The average Bonchev–Trinajstić information content (AvgIpc) is 2.22. The van der Waals surface area contributed by atoms with Gasteiger partial charge >= 0.3 is 0 Å². The van der Waals surface area contributed by atoms with Crippen LogP contribution in [0.1, 0.15) is 24.9 Å². The zero-order valence-corrected chi connectivity index (χ0v) is 10.3. The van der Waals surface area contributed by atoms with Gasteiger partial charge in [0.15, 0.2) is 0 Å². The van der Waals surface area contributed by atoms with Gasteiger partial charge in [-0.3, -0.25) is 4.79 Å². The molecule has 1 unspecified atom stereocenters. The highest BCUT2D eigenvalue weighted by molar-refractivity contribution is 9.10. The number of carbonyl (C=O) groups excluding carboxylic acids is 1. The van der Waals surface area contributed by atoms with Gasteiger partial charge in [0.2, 0.25) is 0 Å². The fraction of sp³-hybridized carbons (Fsp3) is 0.417. The molecule has 15 heavy (non-hydrogen) atoms. The predicted octanol–water partition coefficient (Wildman–Crippen LogP) is 2.69. The number of carbonyl (C=O) groups is 1. The smallest absolute Gasteiger partial charge is 0.138 e. The van der Waals surface area contributed by atoms with Crippen molar-refractivity contribution >= 4 is 21.7 Å². The molecule has 1 saturated heterocycles. The third kappa shape index (κ3) is 2.47. The van der Waals surface area contributed by atoms with Gasteiger partial charge < -0.3 is 5.32 Å². The molecule has 1 fully saturated rings. The Bertz CT molecular complexity index is 378. The lowest BCUT2D eigenvalue weighted by Gasteiger charge is -2.27. The Hall–Kier alpha value is -0.670. The van der Waals surface area contributed by atoms with Crippen LogP contribution in [0.15, 0.2) is 28.7 Å². The molecule has 1 aliphatic heterocycles. The lowest BCUT2D eigenvalue weighted by atomic mass is 9.91. The predicted molar refractivity (Wildman–Crippen MR) is 63.7 cm³/mol. The Morgan fingerprint density at radius 2 is 2.27 bits per heavy atom. The van der Waals surface area contributed by atoms with Crippen molar-refractivity contribution in [1.29, 1.82) is 0 Å².